The van der Waals surface area contributed by atoms with E-state index in [1.807, 2.05) is 59.2 Å². The average Bonchev–Trinajstić information content (AvgIpc) is 3.15. The molecule has 0 spiro atoms. The number of guanidine groups is 1. The number of hydrogen-bond acceptors (Lipinski definition) is 3. The van der Waals surface area contributed by atoms with Crippen molar-refractivity contribution < 1.29 is 0 Å². The highest BCUT2D eigenvalue weighted by Crippen LogP contribution is 2.10. The molecule has 2 aromatic carbocycles. The summed E-state index contributed by atoms with van der Waals surface area (Å²) in [5.74, 6) is 1.54. The van der Waals surface area contributed by atoms with Gasteiger partial charge in [-0.15, -0.1) is 10.2 Å². The first kappa shape index (κ1) is 17.9. The first-order chi connectivity index (χ1) is 12.8. The van der Waals surface area contributed by atoms with Gasteiger partial charge in [0.05, 0.1) is 6.54 Å². The quantitative estimate of drug-likeness (QED) is 0.518. The van der Waals surface area contributed by atoms with Crippen LogP contribution < -0.4 is 10.6 Å². The van der Waals surface area contributed by atoms with Crippen molar-refractivity contribution in [2.24, 2.45) is 4.99 Å². The molecule has 0 amide bonds. The molecule has 0 bridgehead atoms. The monoisotopic (exact) mass is 368 g/mol. The molecule has 26 heavy (non-hydrogen) atoms. The summed E-state index contributed by atoms with van der Waals surface area (Å²) >= 11 is 5.91. The highest BCUT2D eigenvalue weighted by Gasteiger charge is 2.07. The van der Waals surface area contributed by atoms with E-state index in [1.54, 1.807) is 13.4 Å². The first-order valence-corrected chi connectivity index (χ1v) is 8.77. The Hall–Kier alpha value is -2.86. The summed E-state index contributed by atoms with van der Waals surface area (Å²) in [6.45, 7) is 1.29. The fraction of sp³-hybridized carbons (Fsp3) is 0.211. The molecule has 0 aliphatic rings. The number of rotatable bonds is 6. The second-order valence-electron chi connectivity index (χ2n) is 5.68. The third-order valence-electron chi connectivity index (χ3n) is 3.91. The summed E-state index contributed by atoms with van der Waals surface area (Å²) in [6.07, 6.45) is 2.60. The standard InChI is InChI=1S/C19H21ClN6/c1-21-19(22-12-11-15-7-9-16(20)10-8-15)23-13-18-25-24-14-26(18)17-5-3-2-4-6-17/h2-10,14H,11-13H2,1H3,(H2,21,22,23). The molecule has 7 heteroatoms. The molecule has 6 nitrogen and oxygen atoms in total. The highest BCUT2D eigenvalue weighted by atomic mass is 35.5. The largest absolute Gasteiger partial charge is 0.356 e. The molecule has 1 aromatic heterocycles. The molecule has 3 rings (SSSR count). The summed E-state index contributed by atoms with van der Waals surface area (Å²) in [7, 11) is 1.75. The Kier molecular flexibility index (Phi) is 6.22. The van der Waals surface area contributed by atoms with Gasteiger partial charge in [0, 0.05) is 24.3 Å². The molecule has 0 unspecified atom stereocenters. The van der Waals surface area contributed by atoms with E-state index in [4.69, 9.17) is 11.6 Å². The Bertz CT molecular complexity index is 842. The lowest BCUT2D eigenvalue weighted by Gasteiger charge is -2.12. The van der Waals surface area contributed by atoms with Crippen LogP contribution in [0.5, 0.6) is 0 Å². The molecule has 0 saturated heterocycles. The van der Waals surface area contributed by atoms with Crippen LogP contribution in [0, 0.1) is 0 Å². The lowest BCUT2D eigenvalue weighted by Crippen LogP contribution is -2.38. The third kappa shape index (κ3) is 4.83. The number of benzene rings is 2. The number of aliphatic imine (C=N–C) groups is 1. The maximum absolute atomic E-state index is 5.91. The van der Waals surface area contributed by atoms with E-state index in [9.17, 15) is 0 Å². The Morgan fingerprint density at radius 3 is 2.58 bits per heavy atom. The van der Waals surface area contributed by atoms with Gasteiger partial charge in [-0.2, -0.15) is 0 Å². The summed E-state index contributed by atoms with van der Waals surface area (Å²) in [5.41, 5.74) is 2.25. The van der Waals surface area contributed by atoms with Crippen molar-refractivity contribution >= 4 is 17.6 Å². The van der Waals surface area contributed by atoms with E-state index in [0.29, 0.717) is 6.54 Å². The van der Waals surface area contributed by atoms with E-state index < -0.39 is 0 Å². The second kappa shape index (κ2) is 9.01. The zero-order valence-corrected chi connectivity index (χ0v) is 15.3. The lowest BCUT2D eigenvalue weighted by atomic mass is 10.1. The van der Waals surface area contributed by atoms with Crippen molar-refractivity contribution in [3.05, 3.63) is 77.3 Å². The van der Waals surface area contributed by atoms with Gasteiger partial charge in [0.15, 0.2) is 11.8 Å². The number of halogens is 1. The molecule has 134 valence electrons. The van der Waals surface area contributed by atoms with E-state index in [2.05, 4.69) is 25.8 Å². The van der Waals surface area contributed by atoms with Crippen LogP contribution in [0.3, 0.4) is 0 Å². The van der Waals surface area contributed by atoms with Crippen molar-refractivity contribution in [3.63, 3.8) is 0 Å². The van der Waals surface area contributed by atoms with Gasteiger partial charge in [0.1, 0.15) is 6.33 Å². The molecule has 0 fully saturated rings. The fourth-order valence-corrected chi connectivity index (χ4v) is 2.67. The number of hydrogen-bond donors (Lipinski definition) is 2. The first-order valence-electron chi connectivity index (χ1n) is 8.39. The van der Waals surface area contributed by atoms with Gasteiger partial charge < -0.3 is 10.6 Å². The van der Waals surface area contributed by atoms with Crippen molar-refractivity contribution in [3.8, 4) is 5.69 Å². The number of para-hydroxylation sites is 1. The van der Waals surface area contributed by atoms with Crippen molar-refractivity contribution in [2.75, 3.05) is 13.6 Å². The third-order valence-corrected chi connectivity index (χ3v) is 4.16. The van der Waals surface area contributed by atoms with Crippen molar-refractivity contribution in [1.29, 1.82) is 0 Å². The van der Waals surface area contributed by atoms with Crippen LogP contribution >= 0.6 is 11.6 Å². The molecular formula is C19H21ClN6. The van der Waals surface area contributed by atoms with Gasteiger partial charge in [-0.3, -0.25) is 9.56 Å². The summed E-state index contributed by atoms with van der Waals surface area (Å²) < 4.78 is 1.95. The summed E-state index contributed by atoms with van der Waals surface area (Å²) in [5, 5.41) is 15.5. The zero-order chi connectivity index (χ0) is 18.2. The van der Waals surface area contributed by atoms with Crippen LogP contribution in [0.2, 0.25) is 5.02 Å². The molecule has 2 N–H and O–H groups in total. The Balaban J connectivity index is 1.52. The Labute approximate surface area is 157 Å². The van der Waals surface area contributed by atoms with Gasteiger partial charge in [-0.05, 0) is 36.2 Å². The Morgan fingerprint density at radius 2 is 1.85 bits per heavy atom. The van der Waals surface area contributed by atoms with Crippen LogP contribution in [-0.4, -0.2) is 34.3 Å². The molecule has 1 heterocycles. The molecule has 0 aliphatic carbocycles. The summed E-state index contributed by atoms with van der Waals surface area (Å²) in [4.78, 5) is 4.25. The predicted octanol–water partition coefficient (Wildman–Crippen LogP) is 2.83. The van der Waals surface area contributed by atoms with Crippen molar-refractivity contribution in [2.45, 2.75) is 13.0 Å². The van der Waals surface area contributed by atoms with E-state index in [1.165, 1.54) is 5.56 Å². The second-order valence-corrected chi connectivity index (χ2v) is 6.12. The predicted molar refractivity (Wildman–Crippen MR) is 105 cm³/mol. The minimum absolute atomic E-state index is 0.523. The SMILES string of the molecule is CN=C(NCCc1ccc(Cl)cc1)NCc1nncn1-c1ccccc1. The average molecular weight is 369 g/mol. The molecule has 0 atom stereocenters. The maximum Gasteiger partial charge on any atom is 0.191 e. The number of aromatic nitrogens is 3. The van der Waals surface area contributed by atoms with Gasteiger partial charge in [0.25, 0.3) is 0 Å². The number of nitrogens with zero attached hydrogens (tertiary/aromatic N) is 4. The van der Waals surface area contributed by atoms with Crippen LogP contribution in [0.4, 0.5) is 0 Å². The van der Waals surface area contributed by atoms with Gasteiger partial charge in [-0.1, -0.05) is 41.9 Å². The van der Waals surface area contributed by atoms with E-state index >= 15 is 0 Å². The van der Waals surface area contributed by atoms with E-state index in [-0.39, 0.29) is 0 Å². The topological polar surface area (TPSA) is 67.1 Å². The van der Waals surface area contributed by atoms with Gasteiger partial charge >= 0.3 is 0 Å². The smallest absolute Gasteiger partial charge is 0.191 e. The highest BCUT2D eigenvalue weighted by molar-refractivity contribution is 6.30. The Morgan fingerprint density at radius 1 is 1.08 bits per heavy atom. The molecule has 0 saturated carbocycles. The van der Waals surface area contributed by atoms with Crippen LogP contribution in [-0.2, 0) is 13.0 Å². The zero-order valence-electron chi connectivity index (χ0n) is 14.6. The minimum atomic E-state index is 0.523. The van der Waals surface area contributed by atoms with E-state index in [0.717, 1.165) is 35.5 Å². The van der Waals surface area contributed by atoms with Gasteiger partial charge in [0.2, 0.25) is 0 Å². The fourth-order valence-electron chi connectivity index (χ4n) is 2.54. The van der Waals surface area contributed by atoms with Gasteiger partial charge in [-0.25, -0.2) is 0 Å². The maximum atomic E-state index is 5.91. The molecule has 0 aliphatic heterocycles. The van der Waals surface area contributed by atoms with Crippen LogP contribution in [0.25, 0.3) is 5.69 Å². The van der Waals surface area contributed by atoms with Crippen molar-refractivity contribution in [1.82, 2.24) is 25.4 Å². The molecule has 3 aromatic rings. The minimum Gasteiger partial charge on any atom is -0.356 e. The molecule has 0 radical (unpaired) electrons. The summed E-state index contributed by atoms with van der Waals surface area (Å²) in [6, 6.07) is 17.9. The van der Waals surface area contributed by atoms with Crippen LogP contribution in [0.1, 0.15) is 11.4 Å². The van der Waals surface area contributed by atoms with Crippen LogP contribution in [0.15, 0.2) is 65.9 Å². The number of nitrogens with one attached hydrogen (secondary N) is 2. The molecular weight excluding hydrogens is 348 g/mol. The normalized spacial score (nSPS) is 11.4. The lowest BCUT2D eigenvalue weighted by molar-refractivity contribution is 0.749.